The molecule has 1 N–H and O–H groups in total. The van der Waals surface area contributed by atoms with Crippen LogP contribution in [-0.4, -0.2) is 43.6 Å². The lowest BCUT2D eigenvalue weighted by Crippen LogP contribution is -2.26. The molecule has 3 aromatic heterocycles. The molecule has 0 radical (unpaired) electrons. The minimum Gasteiger partial charge on any atom is -0.473 e. The first-order valence-electron chi connectivity index (χ1n) is 8.65. The van der Waals surface area contributed by atoms with Crippen molar-refractivity contribution in [1.29, 1.82) is 0 Å². The molecule has 0 bridgehead atoms. The second-order valence-corrected chi connectivity index (χ2v) is 6.48. The third kappa shape index (κ3) is 3.28. The van der Waals surface area contributed by atoms with E-state index in [1.807, 2.05) is 37.0 Å². The molecule has 136 valence electrons. The maximum Gasteiger partial charge on any atom is 0.244 e. The van der Waals surface area contributed by atoms with E-state index < -0.39 is 0 Å². The summed E-state index contributed by atoms with van der Waals surface area (Å²) in [6.07, 6.45) is 7.48. The first-order chi connectivity index (χ1) is 12.6. The van der Waals surface area contributed by atoms with Crippen molar-refractivity contribution in [2.24, 2.45) is 7.05 Å². The number of hydrogen-bond donors (Lipinski definition) is 1. The number of fused-ring (bicyclic) bond motifs is 1. The van der Waals surface area contributed by atoms with Crippen molar-refractivity contribution in [3.05, 3.63) is 36.9 Å². The fraction of sp³-hybridized carbons (Fsp3) is 0.389. The highest BCUT2D eigenvalue weighted by molar-refractivity contribution is 5.84. The number of aryl methyl sites for hydroxylation is 1. The Morgan fingerprint density at radius 2 is 2.15 bits per heavy atom. The summed E-state index contributed by atoms with van der Waals surface area (Å²) in [5, 5.41) is 7.34. The molecular weight excluding hydrogens is 332 g/mol. The van der Waals surface area contributed by atoms with E-state index in [2.05, 4.69) is 27.0 Å². The van der Waals surface area contributed by atoms with Crippen LogP contribution in [0.1, 0.15) is 19.8 Å². The molecule has 1 fully saturated rings. The summed E-state index contributed by atoms with van der Waals surface area (Å²) in [5.41, 5.74) is 3.34. The Labute approximate surface area is 151 Å². The first kappa shape index (κ1) is 16.6. The monoisotopic (exact) mass is 354 g/mol. The van der Waals surface area contributed by atoms with Gasteiger partial charge in [0.1, 0.15) is 11.6 Å². The highest BCUT2D eigenvalue weighted by atomic mass is 16.5. The summed E-state index contributed by atoms with van der Waals surface area (Å²) in [5.74, 6) is 1.04. The van der Waals surface area contributed by atoms with Crippen LogP contribution in [0.15, 0.2) is 36.9 Å². The molecule has 8 nitrogen and oxygen atoms in total. The SMILES string of the molecule is C=C(C)Nc1nc(OC2CCOCC2)c2c(ccn2-c2cnn(C)c2)n1. The predicted octanol–water partition coefficient (Wildman–Crippen LogP) is 2.66. The van der Waals surface area contributed by atoms with Gasteiger partial charge < -0.3 is 19.4 Å². The van der Waals surface area contributed by atoms with Crippen molar-refractivity contribution in [2.45, 2.75) is 25.9 Å². The van der Waals surface area contributed by atoms with Gasteiger partial charge in [-0.2, -0.15) is 10.1 Å². The third-order valence-electron chi connectivity index (χ3n) is 4.24. The molecule has 0 aliphatic carbocycles. The predicted molar refractivity (Wildman–Crippen MR) is 98.5 cm³/mol. The fourth-order valence-corrected chi connectivity index (χ4v) is 3.04. The summed E-state index contributed by atoms with van der Waals surface area (Å²) in [6.45, 7) is 7.15. The number of ether oxygens (including phenoxy) is 2. The second kappa shape index (κ2) is 6.80. The number of nitrogens with one attached hydrogen (secondary N) is 1. The van der Waals surface area contributed by atoms with Gasteiger partial charge >= 0.3 is 0 Å². The Morgan fingerprint density at radius 1 is 1.35 bits per heavy atom. The summed E-state index contributed by atoms with van der Waals surface area (Å²) < 4.78 is 15.5. The maximum absolute atomic E-state index is 6.27. The van der Waals surface area contributed by atoms with Gasteiger partial charge in [0, 0.05) is 38.0 Å². The van der Waals surface area contributed by atoms with Gasteiger partial charge in [-0.25, -0.2) is 4.98 Å². The lowest BCUT2D eigenvalue weighted by Gasteiger charge is -2.23. The van der Waals surface area contributed by atoms with Crippen molar-refractivity contribution >= 4 is 17.0 Å². The molecule has 0 saturated carbocycles. The van der Waals surface area contributed by atoms with Gasteiger partial charge in [0.05, 0.1) is 30.6 Å². The Hall–Kier alpha value is -2.87. The highest BCUT2D eigenvalue weighted by Crippen LogP contribution is 2.30. The van der Waals surface area contributed by atoms with Gasteiger partial charge in [-0.3, -0.25) is 4.68 Å². The molecule has 3 aromatic rings. The Kier molecular flexibility index (Phi) is 4.34. The Morgan fingerprint density at radius 3 is 2.85 bits per heavy atom. The van der Waals surface area contributed by atoms with Crippen LogP contribution in [-0.2, 0) is 11.8 Å². The van der Waals surface area contributed by atoms with E-state index in [0.717, 1.165) is 35.3 Å². The van der Waals surface area contributed by atoms with Crippen LogP contribution in [0.25, 0.3) is 16.7 Å². The third-order valence-corrected chi connectivity index (χ3v) is 4.24. The number of aromatic nitrogens is 5. The van der Waals surface area contributed by atoms with E-state index in [0.29, 0.717) is 25.0 Å². The van der Waals surface area contributed by atoms with Crippen LogP contribution < -0.4 is 10.1 Å². The number of allylic oxidation sites excluding steroid dienone is 1. The number of nitrogens with zero attached hydrogens (tertiary/aromatic N) is 5. The zero-order chi connectivity index (χ0) is 18.1. The molecule has 1 saturated heterocycles. The summed E-state index contributed by atoms with van der Waals surface area (Å²) in [6, 6.07) is 1.95. The quantitative estimate of drug-likeness (QED) is 0.759. The molecule has 1 aliphatic heterocycles. The van der Waals surface area contributed by atoms with Crippen molar-refractivity contribution in [3.63, 3.8) is 0 Å². The van der Waals surface area contributed by atoms with E-state index in [1.165, 1.54) is 0 Å². The van der Waals surface area contributed by atoms with Crippen LogP contribution in [0.2, 0.25) is 0 Å². The normalized spacial score (nSPS) is 15.3. The van der Waals surface area contributed by atoms with Crippen LogP contribution >= 0.6 is 0 Å². The van der Waals surface area contributed by atoms with E-state index in [4.69, 9.17) is 9.47 Å². The summed E-state index contributed by atoms with van der Waals surface area (Å²) in [7, 11) is 1.89. The average Bonchev–Trinajstić information content (AvgIpc) is 3.21. The van der Waals surface area contributed by atoms with E-state index >= 15 is 0 Å². The van der Waals surface area contributed by atoms with E-state index in [-0.39, 0.29) is 6.10 Å². The lowest BCUT2D eigenvalue weighted by molar-refractivity contribution is 0.0243. The van der Waals surface area contributed by atoms with Gasteiger partial charge in [0.15, 0.2) is 0 Å². The number of rotatable bonds is 5. The van der Waals surface area contributed by atoms with Gasteiger partial charge in [-0.05, 0) is 13.0 Å². The maximum atomic E-state index is 6.27. The molecule has 26 heavy (non-hydrogen) atoms. The Bertz CT molecular complexity index is 938. The summed E-state index contributed by atoms with van der Waals surface area (Å²) in [4.78, 5) is 9.19. The first-order valence-corrected chi connectivity index (χ1v) is 8.65. The van der Waals surface area contributed by atoms with Crippen LogP contribution in [0, 0.1) is 0 Å². The van der Waals surface area contributed by atoms with Gasteiger partial charge in [-0.15, -0.1) is 0 Å². The van der Waals surface area contributed by atoms with Gasteiger partial charge in [0.25, 0.3) is 0 Å². The Balaban J connectivity index is 1.80. The molecule has 8 heteroatoms. The molecular formula is C18H22N6O2. The number of hydrogen-bond acceptors (Lipinski definition) is 6. The topological polar surface area (TPSA) is 79.0 Å². The molecule has 0 unspecified atom stereocenters. The van der Waals surface area contributed by atoms with Crippen molar-refractivity contribution in [2.75, 3.05) is 18.5 Å². The minimum absolute atomic E-state index is 0.0803. The zero-order valence-electron chi connectivity index (χ0n) is 15.0. The molecule has 0 atom stereocenters. The molecule has 4 heterocycles. The molecule has 0 spiro atoms. The summed E-state index contributed by atoms with van der Waals surface area (Å²) >= 11 is 0. The zero-order valence-corrected chi connectivity index (χ0v) is 15.0. The van der Waals surface area contributed by atoms with Crippen molar-refractivity contribution in [3.8, 4) is 11.6 Å². The molecule has 0 amide bonds. The van der Waals surface area contributed by atoms with Gasteiger partial charge in [-0.1, -0.05) is 6.58 Å². The minimum atomic E-state index is 0.0803. The van der Waals surface area contributed by atoms with Crippen molar-refractivity contribution in [1.82, 2.24) is 24.3 Å². The number of anilines is 1. The van der Waals surface area contributed by atoms with Crippen LogP contribution in [0.5, 0.6) is 5.88 Å². The fourth-order valence-electron chi connectivity index (χ4n) is 3.04. The second-order valence-electron chi connectivity index (χ2n) is 6.48. The highest BCUT2D eigenvalue weighted by Gasteiger charge is 2.21. The standard InChI is InChI=1S/C18H22N6O2/c1-12(2)20-18-21-15-4-7-24(13-10-19-23(3)11-13)16(15)17(22-18)26-14-5-8-25-9-6-14/h4,7,10-11,14H,1,5-6,8-9H2,2-3H3,(H,20,21,22). The van der Waals surface area contributed by atoms with Crippen LogP contribution in [0.3, 0.4) is 0 Å². The van der Waals surface area contributed by atoms with Gasteiger partial charge in [0.2, 0.25) is 11.8 Å². The van der Waals surface area contributed by atoms with E-state index in [1.54, 1.807) is 10.9 Å². The molecule has 0 aromatic carbocycles. The molecule has 4 rings (SSSR count). The smallest absolute Gasteiger partial charge is 0.244 e. The average molecular weight is 354 g/mol. The van der Waals surface area contributed by atoms with E-state index in [9.17, 15) is 0 Å². The van der Waals surface area contributed by atoms with Crippen molar-refractivity contribution < 1.29 is 9.47 Å². The lowest BCUT2D eigenvalue weighted by atomic mass is 10.1. The molecule has 1 aliphatic rings. The largest absolute Gasteiger partial charge is 0.473 e. The van der Waals surface area contributed by atoms with Crippen LogP contribution in [0.4, 0.5) is 5.95 Å².